The third-order valence-electron chi connectivity index (χ3n) is 5.14. The Bertz CT molecular complexity index is 872. The van der Waals surface area contributed by atoms with Gasteiger partial charge in [-0.15, -0.1) is 0 Å². The molecular formula is C20H24FNO3S. The highest BCUT2D eigenvalue weighted by Gasteiger charge is 2.36. The van der Waals surface area contributed by atoms with Crippen molar-refractivity contribution in [1.29, 1.82) is 0 Å². The molecule has 2 aromatic rings. The first-order valence-electron chi connectivity index (χ1n) is 8.73. The summed E-state index contributed by atoms with van der Waals surface area (Å²) in [4.78, 5) is 0.304. The minimum atomic E-state index is -3.63. The lowest BCUT2D eigenvalue weighted by Crippen LogP contribution is -2.44. The van der Waals surface area contributed by atoms with Gasteiger partial charge in [0, 0.05) is 25.2 Å². The fourth-order valence-electron chi connectivity index (χ4n) is 3.44. The van der Waals surface area contributed by atoms with E-state index in [2.05, 4.69) is 4.72 Å². The van der Waals surface area contributed by atoms with Crippen molar-refractivity contribution >= 4 is 10.0 Å². The molecule has 0 amide bonds. The lowest BCUT2D eigenvalue weighted by molar-refractivity contribution is 0.0517. The van der Waals surface area contributed by atoms with Crippen LogP contribution in [0.5, 0.6) is 0 Å². The van der Waals surface area contributed by atoms with Crippen molar-refractivity contribution in [3.8, 4) is 0 Å². The van der Waals surface area contributed by atoms with Gasteiger partial charge in [-0.1, -0.05) is 24.3 Å². The summed E-state index contributed by atoms with van der Waals surface area (Å²) in [5.41, 5.74) is 2.16. The predicted octanol–water partition coefficient (Wildman–Crippen LogP) is 3.47. The van der Waals surface area contributed by atoms with Crippen molar-refractivity contribution < 1.29 is 17.5 Å². The molecule has 1 fully saturated rings. The molecule has 1 saturated heterocycles. The molecule has 2 aromatic carbocycles. The van der Waals surface area contributed by atoms with E-state index in [-0.39, 0.29) is 12.4 Å². The van der Waals surface area contributed by atoms with E-state index in [0.717, 1.165) is 11.1 Å². The number of sulfonamides is 1. The van der Waals surface area contributed by atoms with E-state index >= 15 is 0 Å². The molecule has 0 bridgehead atoms. The molecule has 0 aliphatic carbocycles. The van der Waals surface area contributed by atoms with Crippen LogP contribution in [-0.2, 0) is 20.2 Å². The SMILES string of the molecule is Cc1ccc(C)c(S(=O)(=O)NCC2(c3ccc(F)cc3)CCOCC2)c1. The van der Waals surface area contributed by atoms with Crippen LogP contribution >= 0.6 is 0 Å². The number of rotatable bonds is 5. The smallest absolute Gasteiger partial charge is 0.240 e. The van der Waals surface area contributed by atoms with Crippen LogP contribution in [0.1, 0.15) is 29.5 Å². The monoisotopic (exact) mass is 377 g/mol. The molecule has 6 heteroatoms. The zero-order valence-electron chi connectivity index (χ0n) is 15.1. The molecule has 0 radical (unpaired) electrons. The first-order chi connectivity index (χ1) is 12.3. The Morgan fingerprint density at radius 1 is 1.08 bits per heavy atom. The minimum absolute atomic E-state index is 0.262. The second kappa shape index (κ2) is 7.47. The Morgan fingerprint density at radius 3 is 2.38 bits per heavy atom. The quantitative estimate of drug-likeness (QED) is 0.868. The van der Waals surface area contributed by atoms with E-state index in [1.807, 2.05) is 19.1 Å². The highest BCUT2D eigenvalue weighted by Crippen LogP contribution is 2.35. The Labute approximate surface area is 154 Å². The molecule has 4 nitrogen and oxygen atoms in total. The molecule has 0 aromatic heterocycles. The van der Waals surface area contributed by atoms with Crippen LogP contribution in [-0.4, -0.2) is 28.2 Å². The Morgan fingerprint density at radius 2 is 1.73 bits per heavy atom. The standard InChI is InChI=1S/C20H24FNO3S/c1-15-3-4-16(2)19(13-15)26(23,24)22-14-20(9-11-25-12-10-20)17-5-7-18(21)8-6-17/h3-8,13,22H,9-12,14H2,1-2H3. The highest BCUT2D eigenvalue weighted by atomic mass is 32.2. The molecule has 0 atom stereocenters. The van der Waals surface area contributed by atoms with Gasteiger partial charge < -0.3 is 4.74 Å². The summed E-state index contributed by atoms with van der Waals surface area (Å²) in [5, 5.41) is 0. The predicted molar refractivity (Wildman–Crippen MR) is 99.2 cm³/mol. The second-order valence-corrected chi connectivity index (χ2v) is 8.73. The molecule has 3 rings (SSSR count). The normalized spacial score (nSPS) is 17.2. The number of hydrogen-bond acceptors (Lipinski definition) is 3. The van der Waals surface area contributed by atoms with Gasteiger partial charge in [-0.2, -0.15) is 0 Å². The molecule has 0 saturated carbocycles. The molecular weight excluding hydrogens is 353 g/mol. The Kier molecular flexibility index (Phi) is 5.46. The molecule has 1 aliphatic rings. The van der Waals surface area contributed by atoms with Gasteiger partial charge in [-0.25, -0.2) is 17.5 Å². The lowest BCUT2D eigenvalue weighted by Gasteiger charge is -2.38. The van der Waals surface area contributed by atoms with Crippen LogP contribution in [0, 0.1) is 19.7 Å². The average Bonchev–Trinajstić information content (AvgIpc) is 2.63. The van der Waals surface area contributed by atoms with Gasteiger partial charge in [0.1, 0.15) is 5.82 Å². The fourth-order valence-corrected chi connectivity index (χ4v) is 4.90. The van der Waals surface area contributed by atoms with E-state index in [1.54, 1.807) is 25.1 Å². The van der Waals surface area contributed by atoms with Gasteiger partial charge in [0.15, 0.2) is 0 Å². The number of nitrogens with one attached hydrogen (secondary N) is 1. The largest absolute Gasteiger partial charge is 0.381 e. The van der Waals surface area contributed by atoms with Crippen molar-refractivity contribution in [2.45, 2.75) is 37.0 Å². The van der Waals surface area contributed by atoms with Crippen molar-refractivity contribution in [3.63, 3.8) is 0 Å². The number of aryl methyl sites for hydroxylation is 2. The van der Waals surface area contributed by atoms with Gasteiger partial charge in [0.25, 0.3) is 0 Å². The molecule has 0 spiro atoms. The van der Waals surface area contributed by atoms with E-state index in [1.165, 1.54) is 12.1 Å². The number of hydrogen-bond donors (Lipinski definition) is 1. The van der Waals surface area contributed by atoms with Crippen molar-refractivity contribution in [2.75, 3.05) is 19.8 Å². The van der Waals surface area contributed by atoms with Gasteiger partial charge in [-0.3, -0.25) is 0 Å². The maximum absolute atomic E-state index is 13.3. The van der Waals surface area contributed by atoms with Crippen LogP contribution in [0.3, 0.4) is 0 Å². The summed E-state index contributed by atoms with van der Waals surface area (Å²) >= 11 is 0. The van der Waals surface area contributed by atoms with Crippen LogP contribution in [0.4, 0.5) is 4.39 Å². The second-order valence-electron chi connectivity index (χ2n) is 6.99. The molecule has 1 heterocycles. The summed E-state index contributed by atoms with van der Waals surface area (Å²) in [6.07, 6.45) is 1.38. The third kappa shape index (κ3) is 3.98. The molecule has 140 valence electrons. The zero-order chi connectivity index (χ0) is 18.8. The van der Waals surface area contributed by atoms with Gasteiger partial charge >= 0.3 is 0 Å². The average molecular weight is 377 g/mol. The third-order valence-corrected chi connectivity index (χ3v) is 6.68. The molecule has 0 unspecified atom stereocenters. The Balaban J connectivity index is 1.88. The summed E-state index contributed by atoms with van der Waals surface area (Å²) in [6, 6.07) is 11.7. The number of halogens is 1. The summed E-state index contributed by atoms with van der Waals surface area (Å²) in [6.45, 7) is 5.04. The van der Waals surface area contributed by atoms with Crippen LogP contribution in [0.2, 0.25) is 0 Å². The van der Waals surface area contributed by atoms with E-state index in [4.69, 9.17) is 4.74 Å². The summed E-state index contributed by atoms with van der Waals surface area (Å²) in [5.74, 6) is -0.299. The molecule has 26 heavy (non-hydrogen) atoms. The highest BCUT2D eigenvalue weighted by molar-refractivity contribution is 7.89. The Hall–Kier alpha value is -1.76. The summed E-state index contributed by atoms with van der Waals surface area (Å²) < 4.78 is 47.3. The first kappa shape index (κ1) is 19.0. The van der Waals surface area contributed by atoms with Crippen LogP contribution in [0.25, 0.3) is 0 Å². The van der Waals surface area contributed by atoms with Gasteiger partial charge in [0.2, 0.25) is 10.0 Å². The fraction of sp³-hybridized carbons (Fsp3) is 0.400. The lowest BCUT2D eigenvalue weighted by atomic mass is 9.74. The van der Waals surface area contributed by atoms with Crippen LogP contribution in [0.15, 0.2) is 47.4 Å². The van der Waals surface area contributed by atoms with E-state index in [9.17, 15) is 12.8 Å². The molecule has 1 N–H and O–H groups in total. The van der Waals surface area contributed by atoms with Gasteiger partial charge in [0.05, 0.1) is 4.90 Å². The zero-order valence-corrected chi connectivity index (χ0v) is 15.9. The summed E-state index contributed by atoms with van der Waals surface area (Å²) in [7, 11) is -3.63. The van der Waals surface area contributed by atoms with E-state index < -0.39 is 15.4 Å². The van der Waals surface area contributed by atoms with Crippen molar-refractivity contribution in [3.05, 3.63) is 65.0 Å². The van der Waals surface area contributed by atoms with Crippen molar-refractivity contribution in [2.24, 2.45) is 0 Å². The van der Waals surface area contributed by atoms with E-state index in [0.29, 0.717) is 36.5 Å². The number of benzene rings is 2. The first-order valence-corrected chi connectivity index (χ1v) is 10.2. The van der Waals surface area contributed by atoms with Gasteiger partial charge in [-0.05, 0) is 61.6 Å². The topological polar surface area (TPSA) is 55.4 Å². The minimum Gasteiger partial charge on any atom is -0.381 e. The maximum atomic E-state index is 13.3. The number of ether oxygens (including phenoxy) is 1. The maximum Gasteiger partial charge on any atom is 0.240 e. The van der Waals surface area contributed by atoms with Crippen LogP contribution < -0.4 is 4.72 Å². The van der Waals surface area contributed by atoms with Crippen molar-refractivity contribution in [1.82, 2.24) is 4.72 Å². The molecule has 1 aliphatic heterocycles.